The number of hydrogen-bond acceptors (Lipinski definition) is 3. The minimum atomic E-state index is 0.138. The second-order valence-electron chi connectivity index (χ2n) is 6.23. The SMILES string of the molecule is CC(OC1CCCOC1)N1CCC(c2ccc(Cl)c(Cl)c2)C1. The molecular formula is C17H23Cl2NO2. The standard InChI is InChI=1S/C17H23Cl2NO2/c1-12(22-15-3-2-8-21-11-15)20-7-6-14(10-20)13-4-5-16(18)17(19)9-13/h4-5,9,12,14-15H,2-3,6-8,10-11H2,1H3. The molecule has 2 aliphatic rings. The summed E-state index contributed by atoms with van der Waals surface area (Å²) in [4.78, 5) is 2.40. The Hall–Kier alpha value is -0.320. The zero-order chi connectivity index (χ0) is 15.5. The number of likely N-dealkylation sites (tertiary alicyclic amines) is 1. The summed E-state index contributed by atoms with van der Waals surface area (Å²) in [5.74, 6) is 0.503. The van der Waals surface area contributed by atoms with Crippen LogP contribution in [0.2, 0.25) is 10.0 Å². The molecule has 2 fully saturated rings. The van der Waals surface area contributed by atoms with E-state index < -0.39 is 0 Å². The van der Waals surface area contributed by atoms with Gasteiger partial charge in [-0.15, -0.1) is 0 Å². The van der Waals surface area contributed by atoms with Crippen molar-refractivity contribution in [2.75, 3.05) is 26.3 Å². The molecule has 1 aromatic rings. The summed E-state index contributed by atoms with van der Waals surface area (Å²) in [6.07, 6.45) is 3.72. The van der Waals surface area contributed by atoms with E-state index >= 15 is 0 Å². The first-order chi connectivity index (χ1) is 10.6. The van der Waals surface area contributed by atoms with Crippen molar-refractivity contribution < 1.29 is 9.47 Å². The van der Waals surface area contributed by atoms with Crippen LogP contribution in [0.1, 0.15) is 37.7 Å². The van der Waals surface area contributed by atoms with Gasteiger partial charge in [0.25, 0.3) is 0 Å². The Morgan fingerprint density at radius 1 is 1.27 bits per heavy atom. The van der Waals surface area contributed by atoms with E-state index in [1.807, 2.05) is 12.1 Å². The minimum absolute atomic E-state index is 0.138. The predicted octanol–water partition coefficient (Wildman–Crippen LogP) is 4.32. The quantitative estimate of drug-likeness (QED) is 0.812. The molecule has 22 heavy (non-hydrogen) atoms. The lowest BCUT2D eigenvalue weighted by molar-refractivity contribution is -0.124. The van der Waals surface area contributed by atoms with Crippen LogP contribution < -0.4 is 0 Å². The van der Waals surface area contributed by atoms with Crippen molar-refractivity contribution in [3.8, 4) is 0 Å². The smallest absolute Gasteiger partial charge is 0.108 e. The average molecular weight is 344 g/mol. The van der Waals surface area contributed by atoms with Crippen LogP contribution in [-0.2, 0) is 9.47 Å². The molecule has 3 atom stereocenters. The molecule has 122 valence electrons. The number of rotatable bonds is 4. The van der Waals surface area contributed by atoms with Crippen LogP contribution in [0.5, 0.6) is 0 Å². The highest BCUT2D eigenvalue weighted by atomic mass is 35.5. The number of hydrogen-bond donors (Lipinski definition) is 0. The molecule has 2 heterocycles. The monoisotopic (exact) mass is 343 g/mol. The van der Waals surface area contributed by atoms with E-state index in [9.17, 15) is 0 Å². The Morgan fingerprint density at radius 2 is 2.14 bits per heavy atom. The van der Waals surface area contributed by atoms with Gasteiger partial charge in [-0.1, -0.05) is 29.3 Å². The molecule has 3 rings (SSSR count). The molecule has 3 unspecified atom stereocenters. The van der Waals surface area contributed by atoms with Gasteiger partial charge in [0.1, 0.15) is 6.23 Å². The molecule has 0 bridgehead atoms. The van der Waals surface area contributed by atoms with Gasteiger partial charge >= 0.3 is 0 Å². The average Bonchev–Trinajstić information content (AvgIpc) is 3.01. The third-order valence-corrected chi connectivity index (χ3v) is 5.40. The van der Waals surface area contributed by atoms with Crippen LogP contribution in [0.25, 0.3) is 0 Å². The van der Waals surface area contributed by atoms with Gasteiger partial charge < -0.3 is 9.47 Å². The lowest BCUT2D eigenvalue weighted by Crippen LogP contribution is -2.38. The topological polar surface area (TPSA) is 21.7 Å². The summed E-state index contributed by atoms with van der Waals surface area (Å²) < 4.78 is 11.6. The molecule has 1 aromatic carbocycles. The maximum Gasteiger partial charge on any atom is 0.108 e. The number of halogens is 2. The third kappa shape index (κ3) is 3.95. The van der Waals surface area contributed by atoms with Gasteiger partial charge in [-0.2, -0.15) is 0 Å². The summed E-state index contributed by atoms with van der Waals surface area (Å²) in [5.41, 5.74) is 1.27. The summed E-state index contributed by atoms with van der Waals surface area (Å²) >= 11 is 12.1. The predicted molar refractivity (Wildman–Crippen MR) is 89.8 cm³/mol. The first kappa shape index (κ1) is 16.5. The zero-order valence-electron chi connectivity index (χ0n) is 12.9. The van der Waals surface area contributed by atoms with Crippen LogP contribution in [-0.4, -0.2) is 43.5 Å². The lowest BCUT2D eigenvalue weighted by atomic mass is 9.99. The molecule has 0 radical (unpaired) electrons. The van der Waals surface area contributed by atoms with Gasteiger partial charge in [0, 0.05) is 19.7 Å². The summed E-state index contributed by atoms with van der Waals surface area (Å²) in [7, 11) is 0. The Balaban J connectivity index is 1.55. The molecule has 0 N–H and O–H groups in total. The van der Waals surface area contributed by atoms with Gasteiger partial charge in [-0.3, -0.25) is 4.90 Å². The van der Waals surface area contributed by atoms with Crippen LogP contribution in [0, 0.1) is 0 Å². The normalized spacial score (nSPS) is 28.0. The van der Waals surface area contributed by atoms with Crippen LogP contribution >= 0.6 is 23.2 Å². The first-order valence-electron chi connectivity index (χ1n) is 8.05. The second-order valence-corrected chi connectivity index (χ2v) is 7.04. The van der Waals surface area contributed by atoms with Crippen LogP contribution in [0.4, 0.5) is 0 Å². The van der Waals surface area contributed by atoms with Gasteiger partial charge in [0.15, 0.2) is 0 Å². The maximum absolute atomic E-state index is 6.16. The molecular weight excluding hydrogens is 321 g/mol. The van der Waals surface area contributed by atoms with Gasteiger partial charge in [-0.05, 0) is 49.8 Å². The molecule has 2 aliphatic heterocycles. The Morgan fingerprint density at radius 3 is 2.86 bits per heavy atom. The first-order valence-corrected chi connectivity index (χ1v) is 8.81. The van der Waals surface area contributed by atoms with E-state index in [4.69, 9.17) is 32.7 Å². The van der Waals surface area contributed by atoms with E-state index in [1.54, 1.807) is 0 Å². The van der Waals surface area contributed by atoms with Crippen LogP contribution in [0.15, 0.2) is 18.2 Å². The molecule has 0 aromatic heterocycles. The largest absolute Gasteiger partial charge is 0.379 e. The van der Waals surface area contributed by atoms with Crippen molar-refractivity contribution in [2.24, 2.45) is 0 Å². The van der Waals surface area contributed by atoms with Gasteiger partial charge in [0.05, 0.1) is 22.8 Å². The highest BCUT2D eigenvalue weighted by Crippen LogP contribution is 2.32. The van der Waals surface area contributed by atoms with Crippen molar-refractivity contribution in [2.45, 2.75) is 44.4 Å². The molecule has 5 heteroatoms. The van der Waals surface area contributed by atoms with Crippen molar-refractivity contribution in [3.63, 3.8) is 0 Å². The third-order valence-electron chi connectivity index (χ3n) is 4.66. The molecule has 0 spiro atoms. The van der Waals surface area contributed by atoms with Crippen molar-refractivity contribution >= 4 is 23.2 Å². The Kier molecular flexibility index (Phi) is 5.64. The number of benzene rings is 1. The molecule has 2 saturated heterocycles. The van der Waals surface area contributed by atoms with Crippen molar-refractivity contribution in [1.82, 2.24) is 4.90 Å². The van der Waals surface area contributed by atoms with Crippen molar-refractivity contribution in [3.05, 3.63) is 33.8 Å². The second kappa shape index (κ2) is 7.50. The molecule has 0 aliphatic carbocycles. The van der Waals surface area contributed by atoms with Gasteiger partial charge in [-0.25, -0.2) is 0 Å². The fourth-order valence-corrected chi connectivity index (χ4v) is 3.65. The summed E-state index contributed by atoms with van der Waals surface area (Å²) in [5, 5.41) is 1.26. The Labute approximate surface area is 142 Å². The van der Waals surface area contributed by atoms with E-state index in [0.29, 0.717) is 16.0 Å². The fourth-order valence-electron chi connectivity index (χ4n) is 3.34. The highest BCUT2D eigenvalue weighted by molar-refractivity contribution is 6.42. The van der Waals surface area contributed by atoms with Gasteiger partial charge in [0.2, 0.25) is 0 Å². The highest BCUT2D eigenvalue weighted by Gasteiger charge is 2.29. The summed E-state index contributed by atoms with van der Waals surface area (Å²) in [6, 6.07) is 5.97. The van der Waals surface area contributed by atoms with Crippen LogP contribution in [0.3, 0.4) is 0 Å². The Bertz CT molecular complexity index is 505. The molecule has 0 amide bonds. The van der Waals surface area contributed by atoms with Crippen molar-refractivity contribution in [1.29, 1.82) is 0 Å². The maximum atomic E-state index is 6.16. The summed E-state index contributed by atoms with van der Waals surface area (Å²) in [6.45, 7) is 5.81. The number of ether oxygens (including phenoxy) is 2. The van der Waals surface area contributed by atoms with E-state index in [0.717, 1.165) is 45.6 Å². The fraction of sp³-hybridized carbons (Fsp3) is 0.647. The van der Waals surface area contributed by atoms with E-state index in [1.165, 1.54) is 5.56 Å². The minimum Gasteiger partial charge on any atom is -0.379 e. The number of nitrogens with zero attached hydrogens (tertiary/aromatic N) is 1. The molecule has 0 saturated carbocycles. The van der Waals surface area contributed by atoms with E-state index in [-0.39, 0.29) is 12.3 Å². The molecule has 3 nitrogen and oxygen atoms in total. The zero-order valence-corrected chi connectivity index (χ0v) is 14.4. The van der Waals surface area contributed by atoms with E-state index in [2.05, 4.69) is 17.9 Å². The lowest BCUT2D eigenvalue weighted by Gasteiger charge is -2.31.